The van der Waals surface area contributed by atoms with E-state index in [0.29, 0.717) is 5.92 Å². The van der Waals surface area contributed by atoms with Gasteiger partial charge in [0.2, 0.25) is 0 Å². The second kappa shape index (κ2) is 7.96. The summed E-state index contributed by atoms with van der Waals surface area (Å²) in [4.78, 5) is 0. The third-order valence-electron chi connectivity index (χ3n) is 3.45. The molecular weight excluding hydrogens is 262 g/mol. The summed E-state index contributed by atoms with van der Waals surface area (Å²) >= 11 is 0. The monoisotopic (exact) mass is 287 g/mol. The van der Waals surface area contributed by atoms with Crippen LogP contribution in [-0.4, -0.2) is 27.5 Å². The van der Waals surface area contributed by atoms with Crippen LogP contribution in [0.1, 0.15) is 31.4 Å². The summed E-state index contributed by atoms with van der Waals surface area (Å²) in [5, 5.41) is 17.2. The van der Waals surface area contributed by atoms with Gasteiger partial charge in [-0.1, -0.05) is 44.2 Å². The lowest BCUT2D eigenvalue weighted by molar-refractivity contribution is 0.223. The van der Waals surface area contributed by atoms with Crippen molar-refractivity contribution in [1.82, 2.24) is 15.1 Å². The van der Waals surface area contributed by atoms with Crippen LogP contribution in [0.5, 0.6) is 0 Å². The zero-order chi connectivity index (χ0) is 15.1. The van der Waals surface area contributed by atoms with Gasteiger partial charge in [-0.25, -0.2) is 0 Å². The van der Waals surface area contributed by atoms with Crippen molar-refractivity contribution in [1.29, 1.82) is 0 Å². The molecule has 2 rings (SSSR count). The summed E-state index contributed by atoms with van der Waals surface area (Å²) in [6.45, 7) is 6.05. The normalized spacial score (nSPS) is 12.8. The first kappa shape index (κ1) is 15.7. The fourth-order valence-corrected chi connectivity index (χ4v) is 2.41. The van der Waals surface area contributed by atoms with Crippen LogP contribution in [0, 0.1) is 5.92 Å². The van der Waals surface area contributed by atoms with Crippen molar-refractivity contribution in [2.45, 2.75) is 39.4 Å². The Morgan fingerprint density at radius 1 is 1.19 bits per heavy atom. The van der Waals surface area contributed by atoms with Gasteiger partial charge in [0.25, 0.3) is 0 Å². The molecule has 0 radical (unpaired) electrons. The van der Waals surface area contributed by atoms with Crippen molar-refractivity contribution in [3.63, 3.8) is 0 Å². The van der Waals surface area contributed by atoms with E-state index in [9.17, 15) is 5.11 Å². The predicted octanol–water partition coefficient (Wildman–Crippen LogP) is 2.43. The van der Waals surface area contributed by atoms with Crippen LogP contribution in [0.3, 0.4) is 0 Å². The van der Waals surface area contributed by atoms with Crippen LogP contribution in [0.2, 0.25) is 0 Å². The van der Waals surface area contributed by atoms with Crippen molar-refractivity contribution in [3.05, 3.63) is 53.9 Å². The van der Waals surface area contributed by atoms with E-state index >= 15 is 0 Å². The Kier molecular flexibility index (Phi) is 5.96. The van der Waals surface area contributed by atoms with Crippen LogP contribution < -0.4 is 5.32 Å². The smallest absolute Gasteiger partial charge is 0.0659 e. The summed E-state index contributed by atoms with van der Waals surface area (Å²) < 4.78 is 1.95. The highest BCUT2D eigenvalue weighted by Crippen LogP contribution is 2.07. The van der Waals surface area contributed by atoms with E-state index in [4.69, 9.17) is 0 Å². The first-order valence-electron chi connectivity index (χ1n) is 7.57. The molecular formula is C17H25N3O. The van der Waals surface area contributed by atoms with Gasteiger partial charge in [0.1, 0.15) is 0 Å². The van der Waals surface area contributed by atoms with Gasteiger partial charge in [-0.2, -0.15) is 5.10 Å². The van der Waals surface area contributed by atoms with E-state index in [0.717, 1.165) is 25.1 Å². The number of hydrogen-bond donors (Lipinski definition) is 2. The zero-order valence-electron chi connectivity index (χ0n) is 12.9. The molecule has 1 aromatic heterocycles. The molecule has 1 aromatic carbocycles. The van der Waals surface area contributed by atoms with Crippen LogP contribution in [-0.2, 0) is 13.1 Å². The second-order valence-corrected chi connectivity index (χ2v) is 5.92. The van der Waals surface area contributed by atoms with E-state index in [1.54, 1.807) is 0 Å². The van der Waals surface area contributed by atoms with Crippen molar-refractivity contribution in [2.24, 2.45) is 5.92 Å². The lowest BCUT2D eigenvalue weighted by atomic mass is 10.0. The standard InChI is InChI=1S/C17H25N3O/c1-14(2)8-17(13-21)18-9-16-10-19-20(12-16)11-15-6-4-3-5-7-15/h3-7,10,12,14,17-18,21H,8-9,11,13H2,1-2H3. The van der Waals surface area contributed by atoms with Crippen LogP contribution in [0.25, 0.3) is 0 Å². The fraction of sp³-hybridized carbons (Fsp3) is 0.471. The Morgan fingerprint density at radius 2 is 1.95 bits per heavy atom. The molecule has 0 aliphatic carbocycles. The largest absolute Gasteiger partial charge is 0.395 e. The molecule has 1 unspecified atom stereocenters. The van der Waals surface area contributed by atoms with Crippen molar-refractivity contribution in [2.75, 3.05) is 6.61 Å². The molecule has 1 heterocycles. The summed E-state index contributed by atoms with van der Waals surface area (Å²) in [6, 6.07) is 10.5. The van der Waals surface area contributed by atoms with Gasteiger partial charge >= 0.3 is 0 Å². The van der Waals surface area contributed by atoms with Crippen LogP contribution in [0.4, 0.5) is 0 Å². The Labute approximate surface area is 126 Å². The Balaban J connectivity index is 1.85. The van der Waals surface area contributed by atoms with Crippen LogP contribution >= 0.6 is 0 Å². The van der Waals surface area contributed by atoms with E-state index in [2.05, 4.69) is 42.6 Å². The van der Waals surface area contributed by atoms with Gasteiger partial charge in [0.05, 0.1) is 19.3 Å². The number of nitrogens with one attached hydrogen (secondary N) is 1. The Hall–Kier alpha value is -1.65. The summed E-state index contributed by atoms with van der Waals surface area (Å²) in [7, 11) is 0. The third kappa shape index (κ3) is 5.33. The number of hydrogen-bond acceptors (Lipinski definition) is 3. The molecule has 1 atom stereocenters. The highest BCUT2D eigenvalue weighted by atomic mass is 16.3. The van der Waals surface area contributed by atoms with Gasteiger partial charge in [-0.3, -0.25) is 4.68 Å². The summed E-state index contributed by atoms with van der Waals surface area (Å²) in [6.07, 6.45) is 4.93. The number of rotatable bonds is 8. The lowest BCUT2D eigenvalue weighted by Crippen LogP contribution is -2.33. The van der Waals surface area contributed by atoms with E-state index in [-0.39, 0.29) is 12.6 Å². The molecule has 0 aliphatic heterocycles. The fourth-order valence-electron chi connectivity index (χ4n) is 2.41. The SMILES string of the molecule is CC(C)CC(CO)NCc1cnn(Cc2ccccc2)c1. The second-order valence-electron chi connectivity index (χ2n) is 5.92. The molecule has 114 valence electrons. The minimum atomic E-state index is 0.155. The number of nitrogens with zero attached hydrogens (tertiary/aromatic N) is 2. The van der Waals surface area contributed by atoms with Crippen molar-refractivity contribution < 1.29 is 5.11 Å². The molecule has 2 N–H and O–H groups in total. The Bertz CT molecular complexity index is 522. The molecule has 0 aliphatic rings. The maximum absolute atomic E-state index is 9.37. The molecule has 0 fully saturated rings. The van der Waals surface area contributed by atoms with Crippen molar-refractivity contribution in [3.8, 4) is 0 Å². The van der Waals surface area contributed by atoms with Crippen molar-refractivity contribution >= 4 is 0 Å². The van der Waals surface area contributed by atoms with Gasteiger partial charge < -0.3 is 10.4 Å². The molecule has 4 heteroatoms. The highest BCUT2D eigenvalue weighted by molar-refractivity contribution is 5.15. The molecule has 4 nitrogen and oxygen atoms in total. The van der Waals surface area contributed by atoms with Gasteiger partial charge in [-0.05, 0) is 17.9 Å². The highest BCUT2D eigenvalue weighted by Gasteiger charge is 2.09. The number of aromatic nitrogens is 2. The average Bonchev–Trinajstić information content (AvgIpc) is 2.91. The third-order valence-corrected chi connectivity index (χ3v) is 3.45. The predicted molar refractivity (Wildman–Crippen MR) is 84.9 cm³/mol. The molecule has 0 bridgehead atoms. The summed E-state index contributed by atoms with van der Waals surface area (Å²) in [5.41, 5.74) is 2.39. The first-order valence-corrected chi connectivity index (χ1v) is 7.57. The minimum Gasteiger partial charge on any atom is -0.395 e. The van der Waals surface area contributed by atoms with Gasteiger partial charge in [0.15, 0.2) is 0 Å². The molecule has 0 saturated carbocycles. The average molecular weight is 287 g/mol. The maximum Gasteiger partial charge on any atom is 0.0659 e. The molecule has 0 saturated heterocycles. The maximum atomic E-state index is 9.37. The molecule has 2 aromatic rings. The number of benzene rings is 1. The first-order chi connectivity index (χ1) is 10.2. The zero-order valence-corrected chi connectivity index (χ0v) is 12.9. The Morgan fingerprint density at radius 3 is 2.62 bits per heavy atom. The van der Waals surface area contributed by atoms with E-state index in [1.807, 2.05) is 29.1 Å². The number of aliphatic hydroxyl groups is 1. The summed E-state index contributed by atoms with van der Waals surface area (Å²) in [5.74, 6) is 0.579. The van der Waals surface area contributed by atoms with Gasteiger partial charge in [0, 0.05) is 24.3 Å². The molecule has 21 heavy (non-hydrogen) atoms. The minimum absolute atomic E-state index is 0.155. The number of aliphatic hydroxyl groups excluding tert-OH is 1. The molecule has 0 amide bonds. The van der Waals surface area contributed by atoms with E-state index in [1.165, 1.54) is 5.56 Å². The quantitative estimate of drug-likeness (QED) is 0.784. The topological polar surface area (TPSA) is 50.1 Å². The molecule has 0 spiro atoms. The van der Waals surface area contributed by atoms with Crippen LogP contribution in [0.15, 0.2) is 42.7 Å². The van der Waals surface area contributed by atoms with E-state index < -0.39 is 0 Å². The lowest BCUT2D eigenvalue weighted by Gasteiger charge is -2.17. The van der Waals surface area contributed by atoms with Gasteiger partial charge in [-0.15, -0.1) is 0 Å².